The number of methoxy groups -OCH3 is 1. The highest BCUT2D eigenvalue weighted by molar-refractivity contribution is 4.82. The first-order valence-electron chi connectivity index (χ1n) is 6.13. The van der Waals surface area contributed by atoms with Gasteiger partial charge in [0.1, 0.15) is 0 Å². The lowest BCUT2D eigenvalue weighted by atomic mass is 10.2. The average Bonchev–Trinajstić information content (AvgIpc) is 2.33. The zero-order valence-corrected chi connectivity index (χ0v) is 11.1. The first kappa shape index (κ1) is 16.3. The highest BCUT2D eigenvalue weighted by atomic mass is 16.5. The van der Waals surface area contributed by atoms with Crippen LogP contribution in [0.4, 0.5) is 0 Å². The molecule has 5 heteroatoms. The monoisotopic (exact) mass is 243 g/mol. The van der Waals surface area contributed by atoms with Gasteiger partial charge in [-0.05, 0) is 13.5 Å². The molecule has 2 atom stereocenters. The Bertz CT molecular complexity index is 218. The van der Waals surface area contributed by atoms with Gasteiger partial charge < -0.3 is 15.2 Å². The van der Waals surface area contributed by atoms with E-state index in [-0.39, 0.29) is 5.92 Å². The maximum atomic E-state index is 9.81. The van der Waals surface area contributed by atoms with Crippen LogP contribution in [0.5, 0.6) is 0 Å². The van der Waals surface area contributed by atoms with Crippen molar-refractivity contribution >= 4 is 0 Å². The van der Waals surface area contributed by atoms with E-state index in [0.29, 0.717) is 26.2 Å². The lowest BCUT2D eigenvalue weighted by Gasteiger charge is -2.24. The summed E-state index contributed by atoms with van der Waals surface area (Å²) in [7, 11) is 1.65. The van der Waals surface area contributed by atoms with Crippen LogP contribution < -0.4 is 5.32 Å². The summed E-state index contributed by atoms with van der Waals surface area (Å²) < 4.78 is 4.90. The molecule has 2 unspecified atom stereocenters. The normalized spacial score (nSPS) is 14.6. The van der Waals surface area contributed by atoms with Crippen molar-refractivity contribution in [3.63, 3.8) is 0 Å². The molecular weight excluding hydrogens is 218 g/mol. The fourth-order valence-electron chi connectivity index (χ4n) is 1.57. The summed E-state index contributed by atoms with van der Waals surface area (Å²) in [5.41, 5.74) is 0. The molecule has 17 heavy (non-hydrogen) atoms. The summed E-state index contributed by atoms with van der Waals surface area (Å²) >= 11 is 0. The molecule has 0 aliphatic carbocycles. The van der Waals surface area contributed by atoms with Crippen LogP contribution in [0.15, 0.2) is 0 Å². The van der Waals surface area contributed by atoms with E-state index < -0.39 is 6.10 Å². The van der Waals surface area contributed by atoms with Gasteiger partial charge in [0.25, 0.3) is 0 Å². The largest absolute Gasteiger partial charge is 0.390 e. The van der Waals surface area contributed by atoms with Crippen molar-refractivity contribution in [1.29, 1.82) is 5.26 Å². The zero-order valence-electron chi connectivity index (χ0n) is 11.1. The van der Waals surface area contributed by atoms with Crippen LogP contribution in [0.2, 0.25) is 0 Å². The maximum Gasteiger partial charge on any atom is 0.0791 e. The van der Waals surface area contributed by atoms with Gasteiger partial charge >= 0.3 is 0 Å². The topological polar surface area (TPSA) is 68.5 Å². The van der Waals surface area contributed by atoms with E-state index in [1.54, 1.807) is 7.11 Å². The molecule has 0 saturated carbocycles. The van der Waals surface area contributed by atoms with Gasteiger partial charge in [-0.3, -0.25) is 4.90 Å². The highest BCUT2D eigenvalue weighted by Crippen LogP contribution is 1.99. The smallest absolute Gasteiger partial charge is 0.0791 e. The molecular formula is C12H25N3O2. The molecule has 5 nitrogen and oxygen atoms in total. The fourth-order valence-corrected chi connectivity index (χ4v) is 1.57. The molecule has 0 rings (SSSR count). The number of nitrogens with one attached hydrogen (secondary N) is 1. The third-order valence-corrected chi connectivity index (χ3v) is 2.53. The van der Waals surface area contributed by atoms with Crippen LogP contribution in [-0.2, 0) is 4.74 Å². The van der Waals surface area contributed by atoms with Gasteiger partial charge in [0.15, 0.2) is 0 Å². The van der Waals surface area contributed by atoms with Gasteiger partial charge in [-0.25, -0.2) is 0 Å². The van der Waals surface area contributed by atoms with Crippen molar-refractivity contribution in [3.05, 3.63) is 0 Å². The van der Waals surface area contributed by atoms with Crippen LogP contribution in [0, 0.1) is 17.2 Å². The van der Waals surface area contributed by atoms with Gasteiger partial charge in [0.05, 0.1) is 24.7 Å². The van der Waals surface area contributed by atoms with Gasteiger partial charge in [-0.1, -0.05) is 6.92 Å². The third-order valence-electron chi connectivity index (χ3n) is 2.53. The van der Waals surface area contributed by atoms with E-state index in [2.05, 4.69) is 16.3 Å². The molecule has 0 fully saturated rings. The zero-order chi connectivity index (χ0) is 13.1. The van der Waals surface area contributed by atoms with E-state index >= 15 is 0 Å². The van der Waals surface area contributed by atoms with Crippen LogP contribution in [0.25, 0.3) is 0 Å². The summed E-state index contributed by atoms with van der Waals surface area (Å²) in [6, 6.07) is 2.21. The van der Waals surface area contributed by atoms with Crippen molar-refractivity contribution in [2.45, 2.75) is 20.0 Å². The van der Waals surface area contributed by atoms with Crippen LogP contribution in [0.1, 0.15) is 13.8 Å². The second-order valence-corrected chi connectivity index (χ2v) is 4.23. The second kappa shape index (κ2) is 10.5. The van der Waals surface area contributed by atoms with Gasteiger partial charge in [-0.15, -0.1) is 0 Å². The Morgan fingerprint density at radius 3 is 2.71 bits per heavy atom. The van der Waals surface area contributed by atoms with Crippen LogP contribution in [0.3, 0.4) is 0 Å². The Hall–Kier alpha value is -0.670. The van der Waals surface area contributed by atoms with Crippen molar-refractivity contribution < 1.29 is 9.84 Å². The number of rotatable bonds is 10. The minimum Gasteiger partial charge on any atom is -0.390 e. The number of likely N-dealkylation sites (N-methyl/N-ethyl adjacent to an activating group) is 1. The number of nitriles is 1. The predicted octanol–water partition coefficient (Wildman–Crippen LogP) is 0.0649. The van der Waals surface area contributed by atoms with Gasteiger partial charge in [0.2, 0.25) is 0 Å². The predicted molar refractivity (Wildman–Crippen MR) is 67.6 cm³/mol. The Kier molecular flexibility index (Phi) is 10.1. The molecule has 100 valence electrons. The molecule has 0 aliphatic rings. The molecule has 0 aliphatic heterocycles. The minimum atomic E-state index is -0.405. The Labute approximate surface area is 104 Å². The molecule has 0 saturated heterocycles. The lowest BCUT2D eigenvalue weighted by Crippen LogP contribution is -2.40. The number of aliphatic hydroxyl groups is 1. The van der Waals surface area contributed by atoms with Crippen molar-refractivity contribution in [3.8, 4) is 6.07 Å². The molecule has 0 aromatic carbocycles. The molecule has 0 radical (unpaired) electrons. The van der Waals surface area contributed by atoms with Gasteiger partial charge in [0, 0.05) is 33.3 Å². The van der Waals surface area contributed by atoms with E-state index in [9.17, 15) is 5.11 Å². The number of hydrogen-bond donors (Lipinski definition) is 2. The lowest BCUT2D eigenvalue weighted by molar-refractivity contribution is 0.107. The van der Waals surface area contributed by atoms with E-state index in [0.717, 1.165) is 13.1 Å². The van der Waals surface area contributed by atoms with Crippen molar-refractivity contribution in [2.75, 3.05) is 46.4 Å². The number of hydrogen-bond acceptors (Lipinski definition) is 5. The standard InChI is InChI=1S/C12H25N3O2/c1-4-15(9-11(2)7-13)10-12(16)8-14-5-6-17-3/h11-12,14,16H,4-6,8-10H2,1-3H3. The Morgan fingerprint density at radius 1 is 1.47 bits per heavy atom. The number of ether oxygens (including phenoxy) is 1. The SMILES string of the molecule is CCN(CC(C)C#N)CC(O)CNCCOC. The quantitative estimate of drug-likeness (QED) is 0.531. The summed E-state index contributed by atoms with van der Waals surface area (Å²) in [6.45, 7) is 8.04. The summed E-state index contributed by atoms with van der Waals surface area (Å²) in [5, 5.41) is 21.7. The van der Waals surface area contributed by atoms with Crippen molar-refractivity contribution in [2.24, 2.45) is 5.92 Å². The maximum absolute atomic E-state index is 9.81. The summed E-state index contributed by atoms with van der Waals surface area (Å²) in [5.74, 6) is 0.00333. The first-order valence-corrected chi connectivity index (χ1v) is 6.13. The van der Waals surface area contributed by atoms with Crippen LogP contribution >= 0.6 is 0 Å². The summed E-state index contributed by atoms with van der Waals surface area (Å²) in [6.07, 6.45) is -0.405. The molecule has 0 bridgehead atoms. The van der Waals surface area contributed by atoms with Gasteiger partial charge in [-0.2, -0.15) is 5.26 Å². The number of nitrogens with zero attached hydrogens (tertiary/aromatic N) is 2. The van der Waals surface area contributed by atoms with E-state index in [1.807, 2.05) is 13.8 Å². The highest BCUT2D eigenvalue weighted by Gasteiger charge is 2.12. The first-order chi connectivity index (χ1) is 8.13. The molecule has 0 heterocycles. The minimum absolute atomic E-state index is 0.00333. The number of aliphatic hydroxyl groups excluding tert-OH is 1. The van der Waals surface area contributed by atoms with Crippen LogP contribution in [-0.4, -0.2) is 62.6 Å². The third kappa shape index (κ3) is 9.07. The van der Waals surface area contributed by atoms with E-state index in [1.165, 1.54) is 0 Å². The fraction of sp³-hybridized carbons (Fsp3) is 0.917. The molecule has 0 amide bonds. The molecule has 0 spiro atoms. The summed E-state index contributed by atoms with van der Waals surface area (Å²) in [4.78, 5) is 2.09. The molecule has 0 aromatic rings. The Balaban J connectivity index is 3.74. The molecule has 2 N–H and O–H groups in total. The Morgan fingerprint density at radius 2 is 2.18 bits per heavy atom. The van der Waals surface area contributed by atoms with E-state index in [4.69, 9.17) is 10.00 Å². The van der Waals surface area contributed by atoms with Crippen molar-refractivity contribution in [1.82, 2.24) is 10.2 Å². The average molecular weight is 243 g/mol. The second-order valence-electron chi connectivity index (χ2n) is 4.23. The molecule has 0 aromatic heterocycles.